The minimum Gasteiger partial charge on any atom is -0.256 e. The summed E-state index contributed by atoms with van der Waals surface area (Å²) in [5.41, 5.74) is 5.21. The third kappa shape index (κ3) is 3.76. The predicted molar refractivity (Wildman–Crippen MR) is 121 cm³/mol. The van der Waals surface area contributed by atoms with Crippen LogP contribution in [-0.2, 0) is 10.4 Å². The topological polar surface area (TPSA) is 12.9 Å². The molecule has 0 amide bonds. The molecule has 0 fully saturated rings. The van der Waals surface area contributed by atoms with E-state index in [1.807, 2.05) is 0 Å². The van der Waals surface area contributed by atoms with E-state index < -0.39 is 0 Å². The van der Waals surface area contributed by atoms with Crippen LogP contribution in [0.5, 0.6) is 0 Å². The SMILES string of the molecule is BC(B)(c1cnc(-c2ccccc2)cc1C(B)(B)C(C)(C)C)C(C)C. The third-order valence-electron chi connectivity index (χ3n) is 6.66. The zero-order valence-electron chi connectivity index (χ0n) is 17.6. The van der Waals surface area contributed by atoms with Crippen molar-refractivity contribution in [3.8, 4) is 11.3 Å². The fourth-order valence-corrected chi connectivity index (χ4v) is 2.97. The molecular formula is C20H31B4N. The van der Waals surface area contributed by atoms with Gasteiger partial charge in [-0.25, -0.2) is 0 Å². The van der Waals surface area contributed by atoms with Gasteiger partial charge in [-0.1, -0.05) is 86.9 Å². The molecule has 1 aromatic heterocycles. The first kappa shape index (κ1) is 19.9. The fourth-order valence-electron chi connectivity index (χ4n) is 2.97. The van der Waals surface area contributed by atoms with Gasteiger partial charge in [-0.3, -0.25) is 4.98 Å². The molecule has 0 aliphatic rings. The van der Waals surface area contributed by atoms with Crippen molar-refractivity contribution >= 4 is 31.4 Å². The second-order valence-corrected chi connectivity index (χ2v) is 9.73. The van der Waals surface area contributed by atoms with Crippen LogP contribution in [0.1, 0.15) is 45.7 Å². The molecule has 25 heavy (non-hydrogen) atoms. The minimum absolute atomic E-state index is 0.0426. The number of hydrogen-bond donors (Lipinski definition) is 0. The maximum atomic E-state index is 4.85. The monoisotopic (exact) mass is 329 g/mol. The van der Waals surface area contributed by atoms with Crippen molar-refractivity contribution in [2.24, 2.45) is 11.3 Å². The molecule has 0 N–H and O–H groups in total. The molecule has 0 aliphatic heterocycles. The van der Waals surface area contributed by atoms with Crippen LogP contribution in [0, 0.1) is 11.3 Å². The van der Waals surface area contributed by atoms with Gasteiger partial charge in [-0.2, -0.15) is 0 Å². The van der Waals surface area contributed by atoms with E-state index in [0.29, 0.717) is 5.92 Å². The Balaban J connectivity index is 2.74. The van der Waals surface area contributed by atoms with Crippen LogP contribution >= 0.6 is 0 Å². The molecule has 0 bridgehead atoms. The summed E-state index contributed by atoms with van der Waals surface area (Å²) < 4.78 is 0. The summed E-state index contributed by atoms with van der Waals surface area (Å²) >= 11 is 0. The number of hydrogen-bond acceptors (Lipinski definition) is 1. The van der Waals surface area contributed by atoms with Gasteiger partial charge < -0.3 is 0 Å². The largest absolute Gasteiger partial charge is 0.256 e. The van der Waals surface area contributed by atoms with Crippen molar-refractivity contribution in [2.75, 3.05) is 0 Å². The highest BCUT2D eigenvalue weighted by atomic mass is 14.7. The zero-order chi connectivity index (χ0) is 19.0. The number of benzene rings is 1. The van der Waals surface area contributed by atoms with Crippen molar-refractivity contribution in [3.05, 3.63) is 53.7 Å². The summed E-state index contributed by atoms with van der Waals surface area (Å²) in [5, 5.41) is 0.126. The van der Waals surface area contributed by atoms with E-state index in [1.54, 1.807) is 0 Å². The molecule has 0 radical (unpaired) electrons. The summed E-state index contributed by atoms with van der Waals surface area (Å²) in [6.45, 7) is 11.6. The molecular weight excluding hydrogens is 297 g/mol. The molecule has 0 saturated heterocycles. The van der Waals surface area contributed by atoms with Gasteiger partial charge in [-0.15, -0.1) is 0 Å². The normalized spacial score (nSPS) is 13.2. The van der Waals surface area contributed by atoms with Crippen molar-refractivity contribution in [3.63, 3.8) is 0 Å². The number of nitrogens with zero attached hydrogens (tertiary/aromatic N) is 1. The molecule has 1 nitrogen and oxygen atoms in total. The first-order valence-corrected chi connectivity index (χ1v) is 9.45. The molecule has 0 aliphatic carbocycles. The highest BCUT2D eigenvalue weighted by Crippen LogP contribution is 2.42. The first-order chi connectivity index (χ1) is 11.4. The van der Waals surface area contributed by atoms with Crippen LogP contribution in [0.2, 0.25) is 0 Å². The molecule has 0 spiro atoms. The van der Waals surface area contributed by atoms with Crippen LogP contribution in [0.25, 0.3) is 11.3 Å². The lowest BCUT2D eigenvalue weighted by Crippen LogP contribution is -2.45. The Morgan fingerprint density at radius 1 is 0.880 bits per heavy atom. The van der Waals surface area contributed by atoms with Crippen LogP contribution in [0.3, 0.4) is 0 Å². The van der Waals surface area contributed by atoms with Crippen LogP contribution in [0.4, 0.5) is 0 Å². The Hall–Kier alpha value is -1.37. The van der Waals surface area contributed by atoms with E-state index in [9.17, 15) is 0 Å². The van der Waals surface area contributed by atoms with Crippen molar-refractivity contribution in [1.82, 2.24) is 4.98 Å². The lowest BCUT2D eigenvalue weighted by Gasteiger charge is -2.44. The molecule has 2 rings (SSSR count). The average molecular weight is 329 g/mol. The summed E-state index contributed by atoms with van der Waals surface area (Å²) in [6, 6.07) is 12.8. The Morgan fingerprint density at radius 3 is 1.92 bits per heavy atom. The highest BCUT2D eigenvalue weighted by Gasteiger charge is 2.39. The van der Waals surface area contributed by atoms with Gasteiger partial charge in [0.25, 0.3) is 0 Å². The lowest BCUT2D eigenvalue weighted by atomic mass is 9.37. The smallest absolute Gasteiger partial charge is 0.105 e. The Kier molecular flexibility index (Phi) is 5.38. The van der Waals surface area contributed by atoms with Crippen LogP contribution in [-0.4, -0.2) is 36.4 Å². The number of rotatable bonds is 4. The van der Waals surface area contributed by atoms with Crippen molar-refractivity contribution in [1.29, 1.82) is 0 Å². The average Bonchev–Trinajstić information content (AvgIpc) is 2.54. The molecule has 5 heteroatoms. The second-order valence-electron chi connectivity index (χ2n) is 9.73. The number of aromatic nitrogens is 1. The standard InChI is InChI=1S/C20H31B4N/c1-13(2)19(21,22)16-12-25-17(14-9-7-6-8-10-14)11-15(16)20(23,24)18(3,4)5/h6-13H,21-24H2,1-5H3. The van der Waals surface area contributed by atoms with Gasteiger partial charge in [0.1, 0.15) is 31.4 Å². The van der Waals surface area contributed by atoms with Gasteiger partial charge in [0.05, 0.1) is 5.69 Å². The van der Waals surface area contributed by atoms with Crippen LogP contribution < -0.4 is 0 Å². The quantitative estimate of drug-likeness (QED) is 0.771. The molecule has 0 atom stereocenters. The lowest BCUT2D eigenvalue weighted by molar-refractivity contribution is 0.354. The van der Waals surface area contributed by atoms with Gasteiger partial charge in [0.2, 0.25) is 0 Å². The van der Waals surface area contributed by atoms with Gasteiger partial charge in [-0.05, 0) is 17.0 Å². The van der Waals surface area contributed by atoms with E-state index in [2.05, 4.69) is 109 Å². The molecule has 1 heterocycles. The predicted octanol–water partition coefficient (Wildman–Crippen LogP) is 1.29. The van der Waals surface area contributed by atoms with Gasteiger partial charge in [0.15, 0.2) is 0 Å². The summed E-state index contributed by atoms with van der Waals surface area (Å²) in [5.74, 6) is 0.548. The minimum atomic E-state index is 0.0426. The maximum Gasteiger partial charge on any atom is 0.105 e. The van der Waals surface area contributed by atoms with E-state index in [1.165, 1.54) is 16.7 Å². The second kappa shape index (κ2) is 6.74. The fraction of sp³-hybridized carbons (Fsp3) is 0.450. The Morgan fingerprint density at radius 2 is 1.44 bits per heavy atom. The summed E-state index contributed by atoms with van der Waals surface area (Å²) in [4.78, 5) is 4.85. The van der Waals surface area contributed by atoms with Gasteiger partial charge in [0, 0.05) is 11.8 Å². The van der Waals surface area contributed by atoms with Gasteiger partial charge >= 0.3 is 0 Å². The Labute approximate surface area is 158 Å². The van der Waals surface area contributed by atoms with Crippen molar-refractivity contribution in [2.45, 2.75) is 45.0 Å². The molecule has 0 unspecified atom stereocenters. The highest BCUT2D eigenvalue weighted by molar-refractivity contribution is 6.43. The van der Waals surface area contributed by atoms with Crippen LogP contribution in [0.15, 0.2) is 42.6 Å². The van der Waals surface area contributed by atoms with E-state index in [0.717, 1.165) is 5.69 Å². The van der Waals surface area contributed by atoms with E-state index >= 15 is 0 Å². The third-order valence-corrected chi connectivity index (χ3v) is 6.66. The number of pyridine rings is 1. The first-order valence-electron chi connectivity index (χ1n) is 9.45. The molecule has 1 aromatic carbocycles. The van der Waals surface area contributed by atoms with E-state index in [-0.39, 0.29) is 15.8 Å². The summed E-state index contributed by atoms with van der Waals surface area (Å²) in [7, 11) is 9.44. The summed E-state index contributed by atoms with van der Waals surface area (Å²) in [6.07, 6.45) is 2.13. The molecule has 0 saturated carbocycles. The molecule has 2 aromatic rings. The Bertz CT molecular complexity index is 731. The van der Waals surface area contributed by atoms with Crippen molar-refractivity contribution < 1.29 is 0 Å². The molecule has 128 valence electrons. The van der Waals surface area contributed by atoms with E-state index in [4.69, 9.17) is 4.98 Å². The zero-order valence-corrected chi connectivity index (χ0v) is 17.6. The maximum absolute atomic E-state index is 4.85.